The van der Waals surface area contributed by atoms with Gasteiger partial charge >= 0.3 is 0 Å². The molecular weight excluding hydrogens is 260 g/mol. The minimum absolute atomic E-state index is 0.132. The van der Waals surface area contributed by atoms with Crippen LogP contribution in [0, 0.1) is 24.7 Å². The van der Waals surface area contributed by atoms with Crippen molar-refractivity contribution in [2.75, 3.05) is 19.6 Å². The van der Waals surface area contributed by atoms with E-state index in [0.717, 1.165) is 42.6 Å². The van der Waals surface area contributed by atoms with Crippen molar-refractivity contribution >= 4 is 5.91 Å². The molecule has 0 radical (unpaired) electrons. The summed E-state index contributed by atoms with van der Waals surface area (Å²) >= 11 is 0. The Labute approximate surface area is 127 Å². The normalized spacial score (nSPS) is 18.0. The fraction of sp³-hybridized carbons (Fsp3) is 0.500. The van der Waals surface area contributed by atoms with Crippen LogP contribution in [0.15, 0.2) is 18.2 Å². The van der Waals surface area contributed by atoms with Gasteiger partial charge in [0.25, 0.3) is 5.91 Å². The number of amides is 1. The van der Waals surface area contributed by atoms with Gasteiger partial charge in [-0.3, -0.25) is 4.79 Å². The fourth-order valence-corrected chi connectivity index (χ4v) is 2.90. The Morgan fingerprint density at radius 1 is 1.43 bits per heavy atom. The molecule has 3 nitrogen and oxygen atoms in total. The van der Waals surface area contributed by atoms with Crippen LogP contribution in [0.5, 0.6) is 0 Å². The number of benzene rings is 1. The molecular formula is C18H24N2O. The topological polar surface area (TPSA) is 46.3 Å². The molecule has 1 saturated heterocycles. The molecule has 2 rings (SSSR count). The van der Waals surface area contributed by atoms with Crippen molar-refractivity contribution in [3.05, 3.63) is 34.9 Å². The molecule has 1 atom stereocenters. The Balaban J connectivity index is 2.20. The smallest absolute Gasteiger partial charge is 0.253 e. The van der Waals surface area contributed by atoms with Crippen LogP contribution in [0.3, 0.4) is 0 Å². The first-order chi connectivity index (χ1) is 10.1. The highest BCUT2D eigenvalue weighted by Gasteiger charge is 2.23. The standard InChI is InChI=1S/C18H24N2O/c1-3-15-7-5-9-20(13-15)18(21)17-11-14(2)10-16(12-17)6-4-8-19/h10-12,15H,3,5,7-9,13,19H2,1-2H3. The number of piperidine rings is 1. The average molecular weight is 284 g/mol. The minimum Gasteiger partial charge on any atom is -0.338 e. The van der Waals surface area contributed by atoms with Crippen LogP contribution in [0.4, 0.5) is 0 Å². The van der Waals surface area contributed by atoms with E-state index in [1.165, 1.54) is 6.42 Å². The quantitative estimate of drug-likeness (QED) is 0.848. The maximum atomic E-state index is 12.7. The van der Waals surface area contributed by atoms with Gasteiger partial charge in [0.15, 0.2) is 0 Å². The predicted octanol–water partition coefficient (Wildman–Crippen LogP) is 2.57. The third-order valence-corrected chi connectivity index (χ3v) is 4.04. The number of carbonyl (C=O) groups is 1. The lowest BCUT2D eigenvalue weighted by Gasteiger charge is -2.32. The molecule has 1 aromatic rings. The van der Waals surface area contributed by atoms with Crippen LogP contribution in [-0.4, -0.2) is 30.4 Å². The van der Waals surface area contributed by atoms with E-state index in [1.54, 1.807) is 0 Å². The maximum Gasteiger partial charge on any atom is 0.253 e. The molecule has 1 aliphatic heterocycles. The Hall–Kier alpha value is -1.79. The van der Waals surface area contributed by atoms with Crippen LogP contribution in [0.25, 0.3) is 0 Å². The number of nitrogens with zero attached hydrogens (tertiary/aromatic N) is 1. The molecule has 1 amide bonds. The molecule has 3 heteroatoms. The van der Waals surface area contributed by atoms with Crippen molar-refractivity contribution in [1.29, 1.82) is 0 Å². The molecule has 1 unspecified atom stereocenters. The number of nitrogens with two attached hydrogens (primary N) is 1. The van der Waals surface area contributed by atoms with Crippen molar-refractivity contribution in [1.82, 2.24) is 4.90 Å². The monoisotopic (exact) mass is 284 g/mol. The largest absolute Gasteiger partial charge is 0.338 e. The minimum atomic E-state index is 0.132. The van der Waals surface area contributed by atoms with Gasteiger partial charge in [-0.15, -0.1) is 0 Å². The summed E-state index contributed by atoms with van der Waals surface area (Å²) in [4.78, 5) is 14.7. The van der Waals surface area contributed by atoms with E-state index >= 15 is 0 Å². The SMILES string of the molecule is CCC1CCCN(C(=O)c2cc(C)cc(C#CCN)c2)C1. The number of rotatable bonds is 2. The highest BCUT2D eigenvalue weighted by Crippen LogP contribution is 2.21. The molecule has 0 bridgehead atoms. The van der Waals surface area contributed by atoms with E-state index < -0.39 is 0 Å². The number of hydrogen-bond donors (Lipinski definition) is 1. The van der Waals surface area contributed by atoms with Crippen molar-refractivity contribution in [3.63, 3.8) is 0 Å². The number of hydrogen-bond acceptors (Lipinski definition) is 2. The summed E-state index contributed by atoms with van der Waals surface area (Å²) in [5.41, 5.74) is 8.08. The summed E-state index contributed by atoms with van der Waals surface area (Å²) in [5.74, 6) is 6.64. The number of likely N-dealkylation sites (tertiary alicyclic amines) is 1. The molecule has 112 valence electrons. The first kappa shape index (κ1) is 15.6. The van der Waals surface area contributed by atoms with Crippen molar-refractivity contribution < 1.29 is 4.79 Å². The first-order valence-corrected chi connectivity index (χ1v) is 7.74. The zero-order valence-corrected chi connectivity index (χ0v) is 13.0. The maximum absolute atomic E-state index is 12.7. The lowest BCUT2D eigenvalue weighted by atomic mass is 9.95. The highest BCUT2D eigenvalue weighted by molar-refractivity contribution is 5.94. The second-order valence-electron chi connectivity index (χ2n) is 5.76. The van der Waals surface area contributed by atoms with Crippen LogP contribution in [0.2, 0.25) is 0 Å². The molecule has 0 saturated carbocycles. The van der Waals surface area contributed by atoms with E-state index in [-0.39, 0.29) is 5.91 Å². The average Bonchev–Trinajstić information content (AvgIpc) is 2.51. The predicted molar refractivity (Wildman–Crippen MR) is 86.0 cm³/mol. The summed E-state index contributed by atoms with van der Waals surface area (Å²) < 4.78 is 0. The summed E-state index contributed by atoms with van der Waals surface area (Å²) in [5, 5.41) is 0. The van der Waals surface area contributed by atoms with Gasteiger partial charge in [-0.2, -0.15) is 0 Å². The van der Waals surface area contributed by atoms with Gasteiger partial charge in [0, 0.05) is 24.2 Å². The van der Waals surface area contributed by atoms with Gasteiger partial charge in [-0.1, -0.05) is 25.2 Å². The van der Waals surface area contributed by atoms with Gasteiger partial charge in [0.2, 0.25) is 0 Å². The molecule has 0 aromatic heterocycles. The molecule has 21 heavy (non-hydrogen) atoms. The van der Waals surface area contributed by atoms with E-state index in [9.17, 15) is 4.79 Å². The number of carbonyl (C=O) groups excluding carboxylic acids is 1. The Bertz CT molecular complexity index is 568. The van der Waals surface area contributed by atoms with Gasteiger partial charge in [0.1, 0.15) is 0 Å². The van der Waals surface area contributed by atoms with Crippen LogP contribution >= 0.6 is 0 Å². The third-order valence-electron chi connectivity index (χ3n) is 4.04. The van der Waals surface area contributed by atoms with E-state index in [4.69, 9.17) is 5.73 Å². The zero-order valence-electron chi connectivity index (χ0n) is 13.0. The Kier molecular flexibility index (Phi) is 5.41. The lowest BCUT2D eigenvalue weighted by Crippen LogP contribution is -2.39. The van der Waals surface area contributed by atoms with Crippen molar-refractivity contribution in [2.24, 2.45) is 11.7 Å². The summed E-state index contributed by atoms with van der Waals surface area (Å²) in [7, 11) is 0. The van der Waals surface area contributed by atoms with Crippen LogP contribution in [-0.2, 0) is 0 Å². The fourth-order valence-electron chi connectivity index (χ4n) is 2.90. The molecule has 1 heterocycles. The summed E-state index contributed by atoms with van der Waals surface area (Å²) in [6, 6.07) is 5.82. The molecule has 1 aliphatic rings. The van der Waals surface area contributed by atoms with Gasteiger partial charge in [0.05, 0.1) is 6.54 Å². The van der Waals surface area contributed by atoms with Crippen LogP contribution < -0.4 is 5.73 Å². The van der Waals surface area contributed by atoms with E-state index in [1.807, 2.05) is 30.0 Å². The van der Waals surface area contributed by atoms with Gasteiger partial charge in [-0.25, -0.2) is 0 Å². The summed E-state index contributed by atoms with van der Waals surface area (Å²) in [6.45, 7) is 6.28. The molecule has 0 aliphatic carbocycles. The van der Waals surface area contributed by atoms with Gasteiger partial charge in [-0.05, 0) is 49.4 Å². The zero-order chi connectivity index (χ0) is 15.2. The Morgan fingerprint density at radius 3 is 2.95 bits per heavy atom. The molecule has 0 spiro atoms. The number of aryl methyl sites for hydroxylation is 1. The molecule has 1 fully saturated rings. The van der Waals surface area contributed by atoms with E-state index in [0.29, 0.717) is 12.5 Å². The molecule has 2 N–H and O–H groups in total. The third kappa shape index (κ3) is 4.09. The first-order valence-electron chi connectivity index (χ1n) is 7.74. The summed E-state index contributed by atoms with van der Waals surface area (Å²) in [6.07, 6.45) is 3.49. The van der Waals surface area contributed by atoms with Crippen LogP contribution in [0.1, 0.15) is 47.7 Å². The van der Waals surface area contributed by atoms with Crippen molar-refractivity contribution in [2.45, 2.75) is 33.1 Å². The lowest BCUT2D eigenvalue weighted by molar-refractivity contribution is 0.0671. The second-order valence-corrected chi connectivity index (χ2v) is 5.76. The van der Waals surface area contributed by atoms with Crippen molar-refractivity contribution in [3.8, 4) is 11.8 Å². The Morgan fingerprint density at radius 2 is 2.24 bits per heavy atom. The second kappa shape index (κ2) is 7.28. The van der Waals surface area contributed by atoms with Gasteiger partial charge < -0.3 is 10.6 Å². The molecule has 1 aromatic carbocycles. The highest BCUT2D eigenvalue weighted by atomic mass is 16.2. The van der Waals surface area contributed by atoms with E-state index in [2.05, 4.69) is 18.8 Å².